The summed E-state index contributed by atoms with van der Waals surface area (Å²) in [5.74, 6) is 0. The summed E-state index contributed by atoms with van der Waals surface area (Å²) in [5.41, 5.74) is 4.29. The summed E-state index contributed by atoms with van der Waals surface area (Å²) in [5, 5.41) is 0. The molecule has 3 saturated heterocycles. The molecule has 0 nitrogen and oxygen atoms in total. The van der Waals surface area contributed by atoms with Crippen molar-refractivity contribution in [2.24, 2.45) is 0 Å². The summed E-state index contributed by atoms with van der Waals surface area (Å²) in [6.45, 7) is 9.88. The molecular formula is C19H39ClP2. The molecule has 0 radical (unpaired) electrons. The van der Waals surface area contributed by atoms with Gasteiger partial charge >= 0.3 is 145 Å². The van der Waals surface area contributed by atoms with Crippen LogP contribution in [0.15, 0.2) is 0 Å². The Balaban J connectivity index is 2.00. The number of hydrogen-bond acceptors (Lipinski definition) is 0. The van der Waals surface area contributed by atoms with Crippen molar-refractivity contribution in [3.63, 3.8) is 0 Å². The summed E-state index contributed by atoms with van der Waals surface area (Å²) in [6.07, 6.45) is 15.1. The second-order valence-electron chi connectivity index (χ2n) is 8.66. The van der Waals surface area contributed by atoms with E-state index in [1.807, 2.05) is 0 Å². The predicted molar refractivity (Wildman–Crippen MR) is 111 cm³/mol. The van der Waals surface area contributed by atoms with Crippen molar-refractivity contribution in [1.29, 1.82) is 0 Å². The third-order valence-corrected chi connectivity index (χ3v) is 27.8. The van der Waals surface area contributed by atoms with E-state index in [1.54, 1.807) is 12.3 Å². The van der Waals surface area contributed by atoms with Crippen LogP contribution >= 0.6 is 26.1 Å². The molecule has 0 aromatic carbocycles. The van der Waals surface area contributed by atoms with Crippen LogP contribution in [0.3, 0.4) is 0 Å². The number of rotatable bonds is 4. The van der Waals surface area contributed by atoms with E-state index >= 15 is 0 Å². The number of halogens is 1. The average molecular weight is 365 g/mol. The van der Waals surface area contributed by atoms with Gasteiger partial charge in [-0.1, -0.05) is 0 Å². The molecule has 3 aliphatic rings. The van der Waals surface area contributed by atoms with Crippen LogP contribution in [0.4, 0.5) is 0 Å². The summed E-state index contributed by atoms with van der Waals surface area (Å²) in [4.78, 5) is 0.731. The molecule has 3 rings (SSSR count). The van der Waals surface area contributed by atoms with Gasteiger partial charge in [0.05, 0.1) is 0 Å². The third-order valence-electron chi connectivity index (χ3n) is 8.67. The molecule has 0 aromatic rings. The van der Waals surface area contributed by atoms with Crippen LogP contribution in [0.1, 0.15) is 79.1 Å². The summed E-state index contributed by atoms with van der Waals surface area (Å²) in [7, 11) is -2.52. The average Bonchev–Trinajstić information content (AvgIpc) is 3.18. The molecule has 0 aliphatic carbocycles. The maximum absolute atomic E-state index is 7.66. The van der Waals surface area contributed by atoms with Crippen molar-refractivity contribution in [2.45, 2.75) is 107 Å². The van der Waals surface area contributed by atoms with Gasteiger partial charge in [-0.3, -0.25) is 0 Å². The number of hydrogen-bond donors (Lipinski definition) is 0. The van der Waals surface area contributed by atoms with E-state index in [0.29, 0.717) is 0 Å². The molecule has 4 atom stereocenters. The van der Waals surface area contributed by atoms with Crippen molar-refractivity contribution in [2.75, 3.05) is 12.3 Å². The Labute approximate surface area is 145 Å². The Morgan fingerprint density at radius 3 is 1.14 bits per heavy atom. The zero-order valence-corrected chi connectivity index (χ0v) is 18.1. The molecule has 132 valence electrons. The van der Waals surface area contributed by atoms with Gasteiger partial charge in [0.15, 0.2) is 0 Å². The molecule has 0 aromatic heterocycles. The Bertz CT molecular complexity index is 337. The van der Waals surface area contributed by atoms with Gasteiger partial charge in [-0.2, -0.15) is 0 Å². The topological polar surface area (TPSA) is 0 Å². The molecular weight excluding hydrogens is 326 g/mol. The van der Waals surface area contributed by atoms with Gasteiger partial charge in [0.25, 0.3) is 0 Å². The molecule has 0 bridgehead atoms. The normalized spacial score (nSPS) is 45.6. The second-order valence-corrected chi connectivity index (χ2v) is 20.3. The van der Waals surface area contributed by atoms with Crippen molar-refractivity contribution in [1.82, 2.24) is 0 Å². The SMILES string of the molecule is CC[C@@H]1CC[C@@H](CC)[PH]12CC[PH]1(C2Cl)[C@H](CC)CC[C@H]1CC. The Morgan fingerprint density at radius 1 is 0.636 bits per heavy atom. The van der Waals surface area contributed by atoms with Gasteiger partial charge in [0, 0.05) is 0 Å². The first kappa shape index (κ1) is 18.0. The monoisotopic (exact) mass is 364 g/mol. The van der Waals surface area contributed by atoms with E-state index < -0.39 is 14.5 Å². The van der Waals surface area contributed by atoms with E-state index in [4.69, 9.17) is 11.6 Å². The van der Waals surface area contributed by atoms with Crippen LogP contribution in [-0.2, 0) is 0 Å². The van der Waals surface area contributed by atoms with Gasteiger partial charge < -0.3 is 0 Å². The second kappa shape index (κ2) is 6.81. The van der Waals surface area contributed by atoms with Crippen molar-refractivity contribution in [3.05, 3.63) is 0 Å². The van der Waals surface area contributed by atoms with Gasteiger partial charge in [0.1, 0.15) is 0 Å². The van der Waals surface area contributed by atoms with E-state index in [2.05, 4.69) is 27.7 Å². The van der Waals surface area contributed by atoms with Crippen LogP contribution < -0.4 is 0 Å². The summed E-state index contributed by atoms with van der Waals surface area (Å²) >= 11 is 7.66. The van der Waals surface area contributed by atoms with Crippen molar-refractivity contribution >= 4 is 26.1 Å². The van der Waals surface area contributed by atoms with Crippen LogP contribution in [0.2, 0.25) is 0 Å². The van der Waals surface area contributed by atoms with E-state index in [-0.39, 0.29) is 0 Å². The molecule has 3 heteroatoms. The zero-order valence-electron chi connectivity index (χ0n) is 15.3. The minimum absolute atomic E-state index is 0.731. The fourth-order valence-electron chi connectivity index (χ4n) is 7.71. The molecule has 3 fully saturated rings. The van der Waals surface area contributed by atoms with Gasteiger partial charge in [0.2, 0.25) is 0 Å². The van der Waals surface area contributed by atoms with Crippen LogP contribution in [-0.4, -0.2) is 39.8 Å². The maximum atomic E-state index is 7.66. The zero-order chi connectivity index (χ0) is 16.0. The molecule has 3 heterocycles. The van der Waals surface area contributed by atoms with Gasteiger partial charge in [-0.25, -0.2) is 0 Å². The van der Waals surface area contributed by atoms with E-state index in [0.717, 1.165) is 27.5 Å². The minimum atomic E-state index is -1.26. The Morgan fingerprint density at radius 2 is 0.909 bits per heavy atom. The van der Waals surface area contributed by atoms with Crippen molar-refractivity contribution in [3.8, 4) is 0 Å². The van der Waals surface area contributed by atoms with Gasteiger partial charge in [-0.05, 0) is 0 Å². The summed E-state index contributed by atoms with van der Waals surface area (Å²) < 4.78 is 0. The quantitative estimate of drug-likeness (QED) is 0.383. The molecule has 22 heavy (non-hydrogen) atoms. The number of alkyl halides is 1. The fourth-order valence-corrected chi connectivity index (χ4v) is 32.7. The Hall–Kier alpha value is 1.15. The first-order valence-corrected chi connectivity index (χ1v) is 15.6. The summed E-state index contributed by atoms with van der Waals surface area (Å²) in [6, 6.07) is 0. The Kier molecular flexibility index (Phi) is 5.56. The molecule has 0 amide bonds. The molecule has 2 spiro atoms. The van der Waals surface area contributed by atoms with Crippen LogP contribution in [0.5, 0.6) is 0 Å². The third kappa shape index (κ3) is 2.22. The first-order valence-electron chi connectivity index (χ1n) is 10.3. The van der Waals surface area contributed by atoms with E-state index in [9.17, 15) is 0 Å². The standard InChI is InChI=1S/C19H39ClP2/c1-5-15-9-10-16(6-2)21(15)13-14-22(19(21)20)17(7-3)11-12-18(22)8-4/h15-19,21-22H,5-14H2,1-4H3/t15-,16-,17-,18-/m1/s1. The fraction of sp³-hybridized carbons (Fsp3) is 1.00. The molecule has 3 aliphatic heterocycles. The van der Waals surface area contributed by atoms with Crippen LogP contribution in [0, 0.1) is 0 Å². The van der Waals surface area contributed by atoms with E-state index in [1.165, 1.54) is 51.4 Å². The molecule has 0 N–H and O–H groups in total. The predicted octanol–water partition coefficient (Wildman–Crippen LogP) is 6.72. The van der Waals surface area contributed by atoms with Crippen LogP contribution in [0.25, 0.3) is 0 Å². The molecule has 0 unspecified atom stereocenters. The van der Waals surface area contributed by atoms with Gasteiger partial charge in [-0.15, -0.1) is 0 Å². The van der Waals surface area contributed by atoms with Crippen molar-refractivity contribution < 1.29 is 0 Å². The first-order chi connectivity index (χ1) is 10.6. The molecule has 0 saturated carbocycles.